The molecule has 0 fully saturated rings. The minimum atomic E-state index is 0.785. The molecule has 0 bridgehead atoms. The van der Waals surface area contributed by atoms with Gasteiger partial charge < -0.3 is 0 Å². The Hall–Kier alpha value is -11.9. The van der Waals surface area contributed by atoms with Crippen LogP contribution in [0.1, 0.15) is 0 Å². The van der Waals surface area contributed by atoms with Gasteiger partial charge >= 0.3 is 0 Å². The third-order valence-electron chi connectivity index (χ3n) is 16.8. The highest BCUT2D eigenvalue weighted by molar-refractivity contribution is 6.23. The van der Waals surface area contributed by atoms with E-state index in [1.807, 2.05) is 85.3 Å². The van der Waals surface area contributed by atoms with Crippen LogP contribution in [0.2, 0.25) is 0 Å². The van der Waals surface area contributed by atoms with E-state index in [2.05, 4.69) is 221 Å². The van der Waals surface area contributed by atoms with Gasteiger partial charge in [0.2, 0.25) is 0 Å². The standard InChI is InChI=1S/C81H51N7/c1-2-16-53(17-3-1)80-79(65-21-5-4-20-64(65)70-50-82-51-87-81(70)80)56-36-34-55(35-37-56)78-68-24-8-6-22-66(68)77(67-23-7-9-25-69(67)78)54-32-30-52(31-33-54)57-18-14-19-58(44-57)61-45-62(59-38-40-73(85-48-59)71-26-10-12-42-83-71)47-63(46-61)60-39-41-74(86-49-60)76-29-15-28-75(88-76)72-27-11-13-43-84-72/h1-51H. The summed E-state index contributed by atoms with van der Waals surface area (Å²) in [5.41, 5.74) is 23.6. The lowest BCUT2D eigenvalue weighted by Crippen LogP contribution is -1.94. The molecule has 0 radical (unpaired) electrons. The molecule has 0 saturated carbocycles. The molecular formula is C81H51N7. The van der Waals surface area contributed by atoms with Crippen molar-refractivity contribution in [3.63, 3.8) is 0 Å². The van der Waals surface area contributed by atoms with Crippen LogP contribution >= 0.6 is 0 Å². The average Bonchev–Trinajstić information content (AvgIpc) is 1.43. The van der Waals surface area contributed by atoms with Crippen LogP contribution in [0.5, 0.6) is 0 Å². The van der Waals surface area contributed by atoms with E-state index in [1.54, 1.807) is 18.7 Å². The van der Waals surface area contributed by atoms with Gasteiger partial charge in [0, 0.05) is 53.1 Å². The molecule has 0 N–H and O–H groups in total. The monoisotopic (exact) mass is 1120 g/mol. The zero-order valence-electron chi connectivity index (χ0n) is 47.6. The first-order valence-electron chi connectivity index (χ1n) is 29.5. The number of hydrogen-bond acceptors (Lipinski definition) is 7. The Morgan fingerprint density at radius 3 is 1.09 bits per heavy atom. The lowest BCUT2D eigenvalue weighted by atomic mass is 9.84. The van der Waals surface area contributed by atoms with Crippen molar-refractivity contribution in [2.45, 2.75) is 0 Å². The van der Waals surface area contributed by atoms with Crippen molar-refractivity contribution in [1.82, 2.24) is 34.9 Å². The summed E-state index contributed by atoms with van der Waals surface area (Å²) in [5.74, 6) is 0. The molecule has 7 nitrogen and oxygen atoms in total. The van der Waals surface area contributed by atoms with Crippen LogP contribution in [-0.2, 0) is 0 Å². The maximum absolute atomic E-state index is 4.98. The predicted molar refractivity (Wildman–Crippen MR) is 361 cm³/mol. The van der Waals surface area contributed by atoms with E-state index in [9.17, 15) is 0 Å². The van der Waals surface area contributed by atoms with Gasteiger partial charge in [-0.1, -0.05) is 200 Å². The van der Waals surface area contributed by atoms with E-state index in [4.69, 9.17) is 19.9 Å². The van der Waals surface area contributed by atoms with Gasteiger partial charge in [0.15, 0.2) is 0 Å². The van der Waals surface area contributed by atoms with Gasteiger partial charge in [-0.3, -0.25) is 19.9 Å². The summed E-state index contributed by atoms with van der Waals surface area (Å²) >= 11 is 0. The SMILES string of the molecule is c1ccc(-c2c(-c3ccc(-c4c5ccccc5c(-c5ccc(-c6cccc(-c7cc(-c8ccc(-c9ccccn9)nc8)cc(-c8ccc(-c9cccc(-c%10ccccn%10)n9)nc8)c7)c6)cc5)c5ccccc45)cc3)c3ccccc3c3cncnc23)cc1. The second kappa shape index (κ2) is 22.2. The highest BCUT2D eigenvalue weighted by Crippen LogP contribution is 2.47. The molecule has 0 atom stereocenters. The van der Waals surface area contributed by atoms with Gasteiger partial charge in [0.05, 0.1) is 39.7 Å². The van der Waals surface area contributed by atoms with Crippen LogP contribution in [0.25, 0.3) is 166 Å². The summed E-state index contributed by atoms with van der Waals surface area (Å²) in [5, 5.41) is 8.16. The Kier molecular flexibility index (Phi) is 13.1. The molecule has 0 spiro atoms. The summed E-state index contributed by atoms with van der Waals surface area (Å²) in [6.45, 7) is 0. The van der Waals surface area contributed by atoms with Crippen LogP contribution in [-0.4, -0.2) is 34.9 Å². The Morgan fingerprint density at radius 2 is 0.568 bits per heavy atom. The molecule has 0 unspecified atom stereocenters. The van der Waals surface area contributed by atoms with Crippen molar-refractivity contribution in [3.8, 4) is 123 Å². The normalized spacial score (nSPS) is 11.4. The first-order valence-corrected chi connectivity index (χ1v) is 29.5. The van der Waals surface area contributed by atoms with Gasteiger partial charge in [-0.15, -0.1) is 0 Å². The van der Waals surface area contributed by atoms with E-state index in [0.717, 1.165) is 128 Å². The van der Waals surface area contributed by atoms with Crippen molar-refractivity contribution >= 4 is 43.2 Å². The third-order valence-corrected chi connectivity index (χ3v) is 16.8. The Morgan fingerprint density at radius 1 is 0.193 bits per heavy atom. The summed E-state index contributed by atoms with van der Waals surface area (Å²) in [7, 11) is 0. The van der Waals surface area contributed by atoms with Crippen molar-refractivity contribution < 1.29 is 0 Å². The fourth-order valence-electron chi connectivity index (χ4n) is 12.7. The smallest absolute Gasteiger partial charge is 0.116 e. The fraction of sp³-hybridized carbons (Fsp3) is 0. The number of pyridine rings is 5. The van der Waals surface area contributed by atoms with E-state index < -0.39 is 0 Å². The van der Waals surface area contributed by atoms with Crippen LogP contribution < -0.4 is 0 Å². The van der Waals surface area contributed by atoms with Gasteiger partial charge in [-0.05, 0) is 177 Å². The number of rotatable bonds is 11. The molecule has 0 saturated heterocycles. The highest BCUT2D eigenvalue weighted by atomic mass is 14.8. The Labute approximate surface area is 508 Å². The number of fused-ring (bicyclic) bond motifs is 5. The molecule has 0 amide bonds. The van der Waals surface area contributed by atoms with Crippen LogP contribution in [0.3, 0.4) is 0 Å². The van der Waals surface area contributed by atoms with Crippen LogP contribution in [0.15, 0.2) is 310 Å². The lowest BCUT2D eigenvalue weighted by molar-refractivity contribution is 1.22. The highest BCUT2D eigenvalue weighted by Gasteiger charge is 2.21. The van der Waals surface area contributed by atoms with Crippen molar-refractivity contribution in [3.05, 3.63) is 310 Å². The van der Waals surface area contributed by atoms with Gasteiger partial charge in [0.1, 0.15) is 6.33 Å². The first-order chi connectivity index (χ1) is 43.6. The number of aromatic nitrogens is 7. The van der Waals surface area contributed by atoms with E-state index >= 15 is 0 Å². The number of hydrogen-bond donors (Lipinski definition) is 0. The zero-order valence-corrected chi connectivity index (χ0v) is 47.6. The molecule has 0 aliphatic heterocycles. The topological polar surface area (TPSA) is 90.2 Å². The largest absolute Gasteiger partial charge is 0.255 e. The second-order valence-corrected chi connectivity index (χ2v) is 22.0. The molecule has 0 aliphatic rings. The maximum Gasteiger partial charge on any atom is 0.116 e. The molecule has 6 heterocycles. The Balaban J connectivity index is 0.749. The van der Waals surface area contributed by atoms with E-state index in [-0.39, 0.29) is 0 Å². The maximum atomic E-state index is 4.98. The van der Waals surface area contributed by atoms with Gasteiger partial charge in [0.25, 0.3) is 0 Å². The van der Waals surface area contributed by atoms with E-state index in [0.29, 0.717) is 0 Å². The van der Waals surface area contributed by atoms with Crippen LogP contribution in [0, 0.1) is 0 Å². The number of benzene rings is 10. The van der Waals surface area contributed by atoms with Crippen LogP contribution in [0.4, 0.5) is 0 Å². The number of nitrogens with zero attached hydrogens (tertiary/aromatic N) is 7. The molecule has 410 valence electrons. The first kappa shape index (κ1) is 51.7. The molecular weight excluding hydrogens is 1070 g/mol. The van der Waals surface area contributed by atoms with Gasteiger partial charge in [-0.2, -0.15) is 0 Å². The van der Waals surface area contributed by atoms with Crippen molar-refractivity contribution in [2.75, 3.05) is 0 Å². The van der Waals surface area contributed by atoms with Gasteiger partial charge in [-0.25, -0.2) is 15.0 Å². The third kappa shape index (κ3) is 9.50. The van der Waals surface area contributed by atoms with Crippen molar-refractivity contribution in [2.24, 2.45) is 0 Å². The summed E-state index contributed by atoms with van der Waals surface area (Å²) in [6, 6.07) is 96.9. The molecule has 16 aromatic rings. The molecule has 16 rings (SSSR count). The minimum Gasteiger partial charge on any atom is -0.255 e. The summed E-state index contributed by atoms with van der Waals surface area (Å²) < 4.78 is 0. The van der Waals surface area contributed by atoms with E-state index in [1.165, 1.54) is 38.1 Å². The molecule has 6 aromatic heterocycles. The molecule has 88 heavy (non-hydrogen) atoms. The second-order valence-electron chi connectivity index (χ2n) is 22.0. The lowest BCUT2D eigenvalue weighted by Gasteiger charge is -2.19. The molecule has 7 heteroatoms. The quantitative estimate of drug-likeness (QED) is 0.0941. The fourth-order valence-corrected chi connectivity index (χ4v) is 12.7. The summed E-state index contributed by atoms with van der Waals surface area (Å²) in [6.07, 6.45) is 11.1. The zero-order chi connectivity index (χ0) is 58.3. The Bertz CT molecular complexity index is 5210. The minimum absolute atomic E-state index is 0.785. The summed E-state index contributed by atoms with van der Waals surface area (Å²) in [4.78, 5) is 33.3. The predicted octanol–water partition coefficient (Wildman–Crippen LogP) is 20.4. The average molecular weight is 1120 g/mol. The van der Waals surface area contributed by atoms with Crippen molar-refractivity contribution in [1.29, 1.82) is 0 Å². The molecule has 0 aliphatic carbocycles. The molecule has 10 aromatic carbocycles.